The Bertz CT molecular complexity index is 805. The van der Waals surface area contributed by atoms with Crippen molar-refractivity contribution in [2.75, 3.05) is 38.2 Å². The van der Waals surface area contributed by atoms with Crippen LogP contribution in [0.4, 0.5) is 5.69 Å². The second-order valence-electron chi connectivity index (χ2n) is 9.75. The largest absolute Gasteiger partial charge is 0.385 e. The average molecular weight is 459 g/mol. The number of Topliss-reactive ketones (excluding diaryl/α,β-unsaturated/α-hetero) is 1. The van der Waals surface area contributed by atoms with Crippen molar-refractivity contribution in [3.05, 3.63) is 29.8 Å². The molecule has 182 valence electrons. The number of hydrogen-bond donors (Lipinski definition) is 4. The van der Waals surface area contributed by atoms with Crippen molar-refractivity contribution in [3.8, 4) is 0 Å². The SMILES string of the molecule is CC(C)CC(NC(=O)c1ccc(NCC2CCNCC2)cc1)C(=O)N[C@@H]1C(=O)COC[C@H]1C. The smallest absolute Gasteiger partial charge is 0.251 e. The molecule has 2 aliphatic rings. The lowest BCUT2D eigenvalue weighted by Crippen LogP contribution is -2.56. The lowest BCUT2D eigenvalue weighted by molar-refractivity contribution is -0.137. The molecule has 8 heteroatoms. The highest BCUT2D eigenvalue weighted by molar-refractivity contribution is 5.99. The number of nitrogens with one attached hydrogen (secondary N) is 4. The van der Waals surface area contributed by atoms with Gasteiger partial charge in [0.15, 0.2) is 5.78 Å². The number of amides is 2. The number of benzene rings is 1. The average Bonchev–Trinajstić information content (AvgIpc) is 2.80. The number of anilines is 1. The summed E-state index contributed by atoms with van der Waals surface area (Å²) in [7, 11) is 0. The second-order valence-corrected chi connectivity index (χ2v) is 9.75. The van der Waals surface area contributed by atoms with Crippen LogP contribution in [-0.4, -0.2) is 62.5 Å². The fourth-order valence-electron chi connectivity index (χ4n) is 4.36. The summed E-state index contributed by atoms with van der Waals surface area (Å²) in [5.74, 6) is -0.00318. The number of ether oxygens (including phenoxy) is 1. The molecule has 1 aromatic rings. The molecule has 0 aliphatic carbocycles. The van der Waals surface area contributed by atoms with Crippen LogP contribution in [0, 0.1) is 17.8 Å². The standard InChI is InChI=1S/C25H38N4O4/c1-16(2)12-21(25(32)29-23-17(3)14-33-15-22(23)30)28-24(31)19-4-6-20(7-5-19)27-13-18-8-10-26-11-9-18/h4-7,16-18,21,23,26-27H,8-15H2,1-3H3,(H,28,31)(H,29,32)/t17-,21?,23+/m1/s1. The molecule has 3 rings (SSSR count). The second kappa shape index (κ2) is 12.1. The van der Waals surface area contributed by atoms with E-state index in [2.05, 4.69) is 21.3 Å². The molecule has 0 bridgehead atoms. The van der Waals surface area contributed by atoms with E-state index < -0.39 is 12.1 Å². The van der Waals surface area contributed by atoms with E-state index in [4.69, 9.17) is 4.74 Å². The third kappa shape index (κ3) is 7.54. The Labute approximate surface area is 196 Å². The monoisotopic (exact) mass is 458 g/mol. The summed E-state index contributed by atoms with van der Waals surface area (Å²) in [6.45, 7) is 9.36. The van der Waals surface area contributed by atoms with Gasteiger partial charge < -0.3 is 26.0 Å². The molecule has 0 aromatic heterocycles. The molecule has 0 saturated carbocycles. The summed E-state index contributed by atoms with van der Waals surface area (Å²) in [5, 5.41) is 12.5. The van der Waals surface area contributed by atoms with Gasteiger partial charge in [-0.3, -0.25) is 14.4 Å². The van der Waals surface area contributed by atoms with Gasteiger partial charge in [0.05, 0.1) is 12.6 Å². The van der Waals surface area contributed by atoms with Crippen LogP contribution in [0.25, 0.3) is 0 Å². The molecule has 2 amide bonds. The Morgan fingerprint density at radius 3 is 2.48 bits per heavy atom. The minimum atomic E-state index is -0.710. The van der Waals surface area contributed by atoms with Gasteiger partial charge in [-0.25, -0.2) is 0 Å². The molecule has 2 aliphatic heterocycles. The van der Waals surface area contributed by atoms with Gasteiger partial charge in [-0.1, -0.05) is 20.8 Å². The Kier molecular flexibility index (Phi) is 9.26. The fourth-order valence-corrected chi connectivity index (χ4v) is 4.36. The van der Waals surface area contributed by atoms with E-state index in [-0.39, 0.29) is 36.0 Å². The topological polar surface area (TPSA) is 109 Å². The maximum absolute atomic E-state index is 13.0. The predicted octanol–water partition coefficient (Wildman–Crippen LogP) is 1.96. The maximum Gasteiger partial charge on any atom is 0.251 e. The van der Waals surface area contributed by atoms with Crippen LogP contribution in [0.5, 0.6) is 0 Å². The summed E-state index contributed by atoms with van der Waals surface area (Å²) in [6, 6.07) is 6.05. The lowest BCUT2D eigenvalue weighted by atomic mass is 9.95. The van der Waals surface area contributed by atoms with Gasteiger partial charge in [0, 0.05) is 23.7 Å². The van der Waals surface area contributed by atoms with E-state index in [1.165, 1.54) is 12.8 Å². The number of carbonyl (C=O) groups excluding carboxylic acids is 3. The Balaban J connectivity index is 1.57. The van der Waals surface area contributed by atoms with Gasteiger partial charge in [0.25, 0.3) is 5.91 Å². The lowest BCUT2D eigenvalue weighted by Gasteiger charge is -2.30. The molecule has 2 fully saturated rings. The highest BCUT2D eigenvalue weighted by atomic mass is 16.5. The molecule has 1 unspecified atom stereocenters. The van der Waals surface area contributed by atoms with Gasteiger partial charge in [-0.05, 0) is 68.5 Å². The van der Waals surface area contributed by atoms with Gasteiger partial charge >= 0.3 is 0 Å². The Morgan fingerprint density at radius 1 is 1.15 bits per heavy atom. The first-order valence-corrected chi connectivity index (χ1v) is 12.1. The minimum absolute atomic E-state index is 0.00845. The highest BCUT2D eigenvalue weighted by Crippen LogP contribution is 2.16. The molecule has 1 aromatic carbocycles. The fraction of sp³-hybridized carbons (Fsp3) is 0.640. The molecule has 0 spiro atoms. The summed E-state index contributed by atoms with van der Waals surface area (Å²) >= 11 is 0. The van der Waals surface area contributed by atoms with Crippen LogP contribution in [0.15, 0.2) is 24.3 Å². The molecular formula is C25H38N4O4. The van der Waals surface area contributed by atoms with Gasteiger partial charge in [0.1, 0.15) is 12.6 Å². The first-order valence-electron chi connectivity index (χ1n) is 12.1. The van der Waals surface area contributed by atoms with Crippen molar-refractivity contribution in [1.82, 2.24) is 16.0 Å². The molecule has 2 heterocycles. The van der Waals surface area contributed by atoms with E-state index in [0.717, 1.165) is 25.3 Å². The molecule has 0 radical (unpaired) electrons. The third-order valence-electron chi connectivity index (χ3n) is 6.37. The van der Waals surface area contributed by atoms with Crippen molar-refractivity contribution < 1.29 is 19.1 Å². The summed E-state index contributed by atoms with van der Waals surface area (Å²) < 4.78 is 5.24. The number of rotatable bonds is 9. The summed E-state index contributed by atoms with van der Waals surface area (Å²) in [6.07, 6.45) is 2.83. The van der Waals surface area contributed by atoms with Crippen molar-refractivity contribution in [1.29, 1.82) is 0 Å². The van der Waals surface area contributed by atoms with Crippen LogP contribution < -0.4 is 21.3 Å². The van der Waals surface area contributed by atoms with Crippen LogP contribution >= 0.6 is 0 Å². The number of ketones is 1. The van der Waals surface area contributed by atoms with Crippen LogP contribution in [0.3, 0.4) is 0 Å². The molecule has 2 saturated heterocycles. The molecule has 3 atom stereocenters. The quantitative estimate of drug-likeness (QED) is 0.451. The van der Waals surface area contributed by atoms with Crippen molar-refractivity contribution >= 4 is 23.3 Å². The van der Waals surface area contributed by atoms with E-state index in [1.54, 1.807) is 12.1 Å². The zero-order valence-electron chi connectivity index (χ0n) is 20.0. The van der Waals surface area contributed by atoms with Crippen molar-refractivity contribution in [2.45, 2.75) is 52.1 Å². The molecular weight excluding hydrogens is 420 g/mol. The Hall–Kier alpha value is -2.45. The van der Waals surface area contributed by atoms with E-state index >= 15 is 0 Å². The third-order valence-corrected chi connectivity index (χ3v) is 6.37. The molecule has 4 N–H and O–H groups in total. The number of piperidine rings is 1. The van der Waals surface area contributed by atoms with Gasteiger partial charge in [0.2, 0.25) is 5.91 Å². The highest BCUT2D eigenvalue weighted by Gasteiger charge is 2.33. The maximum atomic E-state index is 13.0. The van der Waals surface area contributed by atoms with Crippen molar-refractivity contribution in [3.63, 3.8) is 0 Å². The summed E-state index contributed by atoms with van der Waals surface area (Å²) in [4.78, 5) is 38.0. The van der Waals surface area contributed by atoms with E-state index in [0.29, 0.717) is 24.5 Å². The molecule has 33 heavy (non-hydrogen) atoms. The first-order chi connectivity index (χ1) is 15.8. The van der Waals surface area contributed by atoms with E-state index in [1.807, 2.05) is 32.9 Å². The van der Waals surface area contributed by atoms with Crippen LogP contribution in [0.1, 0.15) is 50.4 Å². The van der Waals surface area contributed by atoms with Gasteiger partial charge in [-0.2, -0.15) is 0 Å². The Morgan fingerprint density at radius 2 is 1.85 bits per heavy atom. The predicted molar refractivity (Wildman–Crippen MR) is 128 cm³/mol. The zero-order valence-corrected chi connectivity index (χ0v) is 20.0. The van der Waals surface area contributed by atoms with Crippen LogP contribution in [0.2, 0.25) is 0 Å². The van der Waals surface area contributed by atoms with Crippen LogP contribution in [-0.2, 0) is 14.3 Å². The number of carbonyl (C=O) groups is 3. The normalized spacial score (nSPS) is 22.6. The van der Waals surface area contributed by atoms with E-state index in [9.17, 15) is 14.4 Å². The first kappa shape index (κ1) is 25.2. The molecule has 8 nitrogen and oxygen atoms in total. The minimum Gasteiger partial charge on any atom is -0.385 e. The van der Waals surface area contributed by atoms with Gasteiger partial charge in [-0.15, -0.1) is 0 Å². The zero-order chi connectivity index (χ0) is 23.8. The summed E-state index contributed by atoms with van der Waals surface area (Å²) in [5.41, 5.74) is 1.48. The van der Waals surface area contributed by atoms with Crippen molar-refractivity contribution in [2.24, 2.45) is 17.8 Å². The number of hydrogen-bond acceptors (Lipinski definition) is 6.